The molecule has 0 atom stereocenters. The predicted octanol–water partition coefficient (Wildman–Crippen LogP) is 1.18. The number of rotatable bonds is 1. The second-order valence-corrected chi connectivity index (χ2v) is 2.02. The van der Waals surface area contributed by atoms with Crippen LogP contribution in [0.5, 0.6) is 0 Å². The monoisotopic (exact) mass is 170 g/mol. The molecule has 0 radical (unpaired) electrons. The number of primary amides is 2. The molecule has 0 spiro atoms. The Morgan fingerprint density at radius 3 is 1.92 bits per heavy atom. The average Bonchev–Trinajstić information content (AvgIpc) is 2.05. The molecule has 0 aliphatic rings. The van der Waals surface area contributed by atoms with Crippen molar-refractivity contribution in [1.82, 2.24) is 0 Å². The van der Waals surface area contributed by atoms with E-state index in [1.165, 1.54) is 0 Å². The molecule has 66 valence electrons. The first-order chi connectivity index (χ1) is 5.66. The van der Waals surface area contributed by atoms with Crippen molar-refractivity contribution in [2.24, 2.45) is 11.5 Å². The van der Waals surface area contributed by atoms with Crippen molar-refractivity contribution >= 4 is 6.03 Å². The Morgan fingerprint density at radius 1 is 1.25 bits per heavy atom. The fourth-order valence-electron chi connectivity index (χ4n) is 0.567. The molecule has 0 bridgehead atoms. The van der Waals surface area contributed by atoms with Gasteiger partial charge in [0, 0.05) is 0 Å². The highest BCUT2D eigenvalue weighted by Crippen LogP contribution is 1.98. The van der Waals surface area contributed by atoms with E-state index in [0.29, 0.717) is 0 Å². The van der Waals surface area contributed by atoms with Crippen LogP contribution in [0.1, 0.15) is 5.56 Å². The average molecular weight is 170 g/mol. The molecule has 12 heavy (non-hydrogen) atoms. The van der Waals surface area contributed by atoms with E-state index >= 15 is 0 Å². The highest BCUT2D eigenvalue weighted by atomic mass is 19.1. The number of hydrogen-bond acceptors (Lipinski definition) is 1. The van der Waals surface area contributed by atoms with Crippen LogP contribution in [0.3, 0.4) is 0 Å². The molecule has 0 saturated carbocycles. The first-order valence-electron chi connectivity index (χ1n) is 3.31. The summed E-state index contributed by atoms with van der Waals surface area (Å²) in [6, 6.07) is 8.23. The van der Waals surface area contributed by atoms with E-state index in [1.54, 1.807) is 12.1 Å². The van der Waals surface area contributed by atoms with Crippen LogP contribution in [0.2, 0.25) is 0 Å². The number of urea groups is 1. The van der Waals surface area contributed by atoms with E-state index in [-0.39, 0.29) is 6.67 Å². The van der Waals surface area contributed by atoms with Crippen LogP contribution in [0.4, 0.5) is 9.18 Å². The number of amides is 2. The molecule has 2 amide bonds. The summed E-state index contributed by atoms with van der Waals surface area (Å²) >= 11 is 0. The molecular weight excluding hydrogens is 159 g/mol. The zero-order valence-corrected chi connectivity index (χ0v) is 6.53. The van der Waals surface area contributed by atoms with Crippen LogP contribution in [-0.2, 0) is 6.67 Å². The Kier molecular flexibility index (Phi) is 5.34. The van der Waals surface area contributed by atoms with Crippen molar-refractivity contribution in [2.75, 3.05) is 0 Å². The van der Waals surface area contributed by atoms with Crippen LogP contribution in [0.25, 0.3) is 0 Å². The van der Waals surface area contributed by atoms with Gasteiger partial charge in [0.2, 0.25) is 0 Å². The Labute approximate surface area is 70.2 Å². The first kappa shape index (κ1) is 10.4. The lowest BCUT2D eigenvalue weighted by atomic mass is 10.2. The van der Waals surface area contributed by atoms with Gasteiger partial charge >= 0.3 is 6.03 Å². The number of benzene rings is 1. The number of carbonyl (C=O) groups excluding carboxylic acids is 1. The SMILES string of the molecule is FCc1ccccc1.NC(N)=O. The maximum absolute atomic E-state index is 11.7. The minimum atomic E-state index is -0.833. The third-order valence-electron chi connectivity index (χ3n) is 0.997. The van der Waals surface area contributed by atoms with Gasteiger partial charge < -0.3 is 11.5 Å². The molecule has 0 unspecified atom stereocenters. The molecule has 0 aliphatic carbocycles. The summed E-state index contributed by atoms with van der Waals surface area (Å²) < 4.78 is 11.7. The quantitative estimate of drug-likeness (QED) is 0.652. The van der Waals surface area contributed by atoms with Gasteiger partial charge in [-0.1, -0.05) is 30.3 Å². The lowest BCUT2D eigenvalue weighted by Gasteiger charge is -1.87. The third kappa shape index (κ3) is 6.54. The molecule has 0 heterocycles. The standard InChI is InChI=1S/C7H7F.CH4N2O/c8-6-7-4-2-1-3-5-7;2-1(3)4/h1-5H,6H2;(H4,2,3,4). The van der Waals surface area contributed by atoms with Crippen LogP contribution in [0, 0.1) is 0 Å². The molecule has 4 heteroatoms. The summed E-state index contributed by atoms with van der Waals surface area (Å²) in [7, 11) is 0. The molecular formula is C8H11FN2O. The molecule has 1 rings (SSSR count). The van der Waals surface area contributed by atoms with Gasteiger partial charge in [0.25, 0.3) is 0 Å². The van der Waals surface area contributed by atoms with E-state index in [9.17, 15) is 4.39 Å². The maximum Gasteiger partial charge on any atom is 0.309 e. The summed E-state index contributed by atoms with van der Waals surface area (Å²) in [6.07, 6.45) is 0. The van der Waals surface area contributed by atoms with E-state index < -0.39 is 6.03 Å². The van der Waals surface area contributed by atoms with Crippen LogP contribution in [0.15, 0.2) is 30.3 Å². The van der Waals surface area contributed by atoms with Crippen molar-refractivity contribution in [3.8, 4) is 0 Å². The van der Waals surface area contributed by atoms with Crippen LogP contribution < -0.4 is 11.5 Å². The fraction of sp³-hybridized carbons (Fsp3) is 0.125. The third-order valence-corrected chi connectivity index (χ3v) is 0.997. The van der Waals surface area contributed by atoms with Crippen molar-refractivity contribution in [3.05, 3.63) is 35.9 Å². The second-order valence-electron chi connectivity index (χ2n) is 2.02. The van der Waals surface area contributed by atoms with Gasteiger partial charge in [0.15, 0.2) is 0 Å². The first-order valence-corrected chi connectivity index (χ1v) is 3.31. The van der Waals surface area contributed by atoms with Gasteiger partial charge in [-0.15, -0.1) is 0 Å². The fourth-order valence-corrected chi connectivity index (χ4v) is 0.567. The highest BCUT2D eigenvalue weighted by Gasteiger charge is 1.82. The van der Waals surface area contributed by atoms with Gasteiger partial charge in [0.1, 0.15) is 6.67 Å². The van der Waals surface area contributed by atoms with Gasteiger partial charge in [-0.2, -0.15) is 0 Å². The zero-order chi connectivity index (χ0) is 9.40. The van der Waals surface area contributed by atoms with E-state index in [2.05, 4.69) is 11.5 Å². The normalized spacial score (nSPS) is 8.08. The zero-order valence-electron chi connectivity index (χ0n) is 6.53. The van der Waals surface area contributed by atoms with E-state index in [4.69, 9.17) is 4.79 Å². The number of halogens is 1. The molecule has 0 saturated heterocycles. The molecule has 0 aromatic heterocycles. The number of alkyl halides is 1. The predicted molar refractivity (Wildman–Crippen MR) is 45.0 cm³/mol. The van der Waals surface area contributed by atoms with E-state index in [0.717, 1.165) is 5.56 Å². The van der Waals surface area contributed by atoms with Gasteiger partial charge in [-0.3, -0.25) is 0 Å². The summed E-state index contributed by atoms with van der Waals surface area (Å²) in [4.78, 5) is 9.00. The van der Waals surface area contributed by atoms with Crippen molar-refractivity contribution in [2.45, 2.75) is 6.67 Å². The molecule has 0 fully saturated rings. The molecule has 4 N–H and O–H groups in total. The number of hydrogen-bond donors (Lipinski definition) is 2. The Bertz CT molecular complexity index is 222. The summed E-state index contributed by atoms with van der Waals surface area (Å²) in [5, 5.41) is 0. The topological polar surface area (TPSA) is 69.1 Å². The minimum Gasteiger partial charge on any atom is -0.352 e. The Morgan fingerprint density at radius 2 is 1.67 bits per heavy atom. The lowest BCUT2D eigenvalue weighted by molar-refractivity contribution is 0.256. The second kappa shape index (κ2) is 6.15. The maximum atomic E-state index is 11.7. The molecule has 1 aromatic rings. The van der Waals surface area contributed by atoms with Crippen molar-refractivity contribution < 1.29 is 9.18 Å². The summed E-state index contributed by atoms with van der Waals surface area (Å²) in [5.41, 5.74) is 9.24. The highest BCUT2D eigenvalue weighted by molar-refractivity contribution is 5.69. The number of carbonyl (C=O) groups is 1. The van der Waals surface area contributed by atoms with Crippen molar-refractivity contribution in [1.29, 1.82) is 0 Å². The minimum absolute atomic E-state index is 0.360. The largest absolute Gasteiger partial charge is 0.352 e. The number of nitrogens with two attached hydrogens (primary N) is 2. The summed E-state index contributed by atoms with van der Waals surface area (Å²) in [6.45, 7) is -0.360. The van der Waals surface area contributed by atoms with E-state index in [1.807, 2.05) is 18.2 Å². The van der Waals surface area contributed by atoms with Gasteiger partial charge in [0.05, 0.1) is 0 Å². The molecule has 1 aromatic carbocycles. The smallest absolute Gasteiger partial charge is 0.309 e. The summed E-state index contributed by atoms with van der Waals surface area (Å²) in [5.74, 6) is 0. The Balaban J connectivity index is 0.000000261. The van der Waals surface area contributed by atoms with Crippen LogP contribution >= 0.6 is 0 Å². The molecule has 3 nitrogen and oxygen atoms in total. The lowest BCUT2D eigenvalue weighted by Crippen LogP contribution is -2.18. The van der Waals surface area contributed by atoms with Gasteiger partial charge in [-0.25, -0.2) is 9.18 Å². The molecule has 0 aliphatic heterocycles. The Hall–Kier alpha value is -1.58. The van der Waals surface area contributed by atoms with Crippen LogP contribution in [-0.4, -0.2) is 6.03 Å². The van der Waals surface area contributed by atoms with Crippen molar-refractivity contribution in [3.63, 3.8) is 0 Å². The van der Waals surface area contributed by atoms with Gasteiger partial charge in [-0.05, 0) is 5.56 Å².